The molecule has 0 aliphatic heterocycles. The Labute approximate surface area is 246 Å². The highest BCUT2D eigenvalue weighted by Gasteiger charge is 2.10. The van der Waals surface area contributed by atoms with Crippen molar-refractivity contribution in [2.24, 2.45) is 0 Å². The van der Waals surface area contributed by atoms with Gasteiger partial charge in [0.25, 0.3) is 0 Å². The molecule has 6 nitrogen and oxygen atoms in total. The molecule has 0 saturated carbocycles. The molecule has 0 spiro atoms. The van der Waals surface area contributed by atoms with Gasteiger partial charge in [0, 0.05) is 6.07 Å². The van der Waals surface area contributed by atoms with Crippen LogP contribution in [0.3, 0.4) is 0 Å². The third-order valence-electron chi connectivity index (χ3n) is 6.50. The summed E-state index contributed by atoms with van der Waals surface area (Å²) in [5.74, 6) is 2.44. The maximum Gasteiger partial charge on any atom is 0.123 e. The zero-order chi connectivity index (χ0) is 29.0. The summed E-state index contributed by atoms with van der Waals surface area (Å²) >= 11 is 0. The normalized spacial score (nSPS) is 12.2. The van der Waals surface area contributed by atoms with E-state index in [2.05, 4.69) is 24.3 Å². The molecule has 5 rings (SSSR count). The molecule has 0 fully saturated rings. The number of hydrogen-bond donors (Lipinski definition) is 2. The van der Waals surface area contributed by atoms with Gasteiger partial charge in [0.05, 0.1) is 0 Å². The second-order valence-corrected chi connectivity index (χ2v) is 9.81. The molecule has 0 heterocycles. The first kappa shape index (κ1) is 28.7. The molecule has 0 aromatic heterocycles. The maximum absolute atomic E-state index is 10.3. The van der Waals surface area contributed by atoms with Gasteiger partial charge in [-0.05, 0) is 58.7 Å². The number of benzene rings is 5. The number of aliphatic hydroxyl groups excluding tert-OH is 2. The molecule has 0 aliphatic carbocycles. The molecule has 2 N–H and O–H groups in total. The Bertz CT molecular complexity index is 1380. The summed E-state index contributed by atoms with van der Waals surface area (Å²) in [5, 5.41) is 20.7. The molecular formula is C36H34O6. The van der Waals surface area contributed by atoms with E-state index in [1.54, 1.807) is 24.3 Å². The van der Waals surface area contributed by atoms with Gasteiger partial charge in [-0.3, -0.25) is 0 Å². The Hall–Kier alpha value is -4.78. The van der Waals surface area contributed by atoms with E-state index >= 15 is 0 Å². The second-order valence-electron chi connectivity index (χ2n) is 9.81. The fourth-order valence-electron chi connectivity index (χ4n) is 4.27. The number of aliphatic hydroxyl groups is 2. The van der Waals surface area contributed by atoms with Crippen molar-refractivity contribution in [1.29, 1.82) is 0 Å². The first-order chi connectivity index (χ1) is 20.6. The van der Waals surface area contributed by atoms with Crippen LogP contribution < -0.4 is 18.9 Å². The lowest BCUT2D eigenvalue weighted by molar-refractivity contribution is 0.0601. The van der Waals surface area contributed by atoms with Crippen molar-refractivity contribution >= 4 is 0 Å². The highest BCUT2D eigenvalue weighted by molar-refractivity contribution is 5.64. The van der Waals surface area contributed by atoms with Crippen LogP contribution in [0.15, 0.2) is 133 Å². The average Bonchev–Trinajstić information content (AvgIpc) is 3.06. The summed E-state index contributed by atoms with van der Waals surface area (Å²) in [6.07, 6.45) is -1.63. The fourth-order valence-corrected chi connectivity index (χ4v) is 4.27. The van der Waals surface area contributed by atoms with Crippen molar-refractivity contribution in [2.45, 2.75) is 12.2 Å². The van der Waals surface area contributed by atoms with E-state index < -0.39 is 12.2 Å². The molecular weight excluding hydrogens is 528 g/mol. The molecule has 5 aromatic rings. The van der Waals surface area contributed by atoms with Gasteiger partial charge in [0.15, 0.2) is 0 Å². The minimum Gasteiger partial charge on any atom is -0.491 e. The number of rotatable bonds is 14. The zero-order valence-electron chi connectivity index (χ0n) is 23.2. The molecule has 6 heteroatoms. The van der Waals surface area contributed by atoms with Crippen LogP contribution in [0.2, 0.25) is 0 Å². The Kier molecular flexibility index (Phi) is 10.1. The van der Waals surface area contributed by atoms with Crippen LogP contribution in [0, 0.1) is 0 Å². The van der Waals surface area contributed by atoms with Crippen molar-refractivity contribution in [2.75, 3.05) is 26.4 Å². The molecule has 2 atom stereocenters. The highest BCUT2D eigenvalue weighted by atomic mass is 16.5. The largest absolute Gasteiger partial charge is 0.491 e. The summed E-state index contributed by atoms with van der Waals surface area (Å²) in [6.45, 7) is 0.320. The van der Waals surface area contributed by atoms with E-state index in [1.165, 1.54) is 0 Å². The predicted octanol–water partition coefficient (Wildman–Crippen LogP) is 6.66. The molecule has 0 saturated heterocycles. The van der Waals surface area contributed by atoms with Crippen LogP contribution >= 0.6 is 0 Å². The monoisotopic (exact) mass is 562 g/mol. The third kappa shape index (κ3) is 8.61. The summed E-state index contributed by atoms with van der Waals surface area (Å²) in [5.41, 5.74) is 4.47. The van der Waals surface area contributed by atoms with Gasteiger partial charge in [-0.1, -0.05) is 91.0 Å². The maximum atomic E-state index is 10.3. The van der Waals surface area contributed by atoms with Crippen molar-refractivity contribution in [3.05, 3.63) is 133 Å². The van der Waals surface area contributed by atoms with Gasteiger partial charge in [-0.15, -0.1) is 0 Å². The first-order valence-electron chi connectivity index (χ1n) is 13.9. The highest BCUT2D eigenvalue weighted by Crippen LogP contribution is 2.24. The minimum atomic E-state index is -0.816. The second kappa shape index (κ2) is 14.7. The van der Waals surface area contributed by atoms with Crippen LogP contribution in [0.1, 0.15) is 0 Å². The van der Waals surface area contributed by atoms with E-state index in [9.17, 15) is 10.2 Å². The Morgan fingerprint density at radius 2 is 0.690 bits per heavy atom. The van der Waals surface area contributed by atoms with Crippen LogP contribution in [-0.2, 0) is 0 Å². The van der Waals surface area contributed by atoms with Gasteiger partial charge in [-0.25, -0.2) is 0 Å². The van der Waals surface area contributed by atoms with Crippen LogP contribution in [0.5, 0.6) is 23.0 Å². The lowest BCUT2D eigenvalue weighted by Crippen LogP contribution is -2.25. The van der Waals surface area contributed by atoms with E-state index in [0.717, 1.165) is 22.3 Å². The minimum absolute atomic E-state index is 0.0606. The van der Waals surface area contributed by atoms with Crippen molar-refractivity contribution in [1.82, 2.24) is 0 Å². The Morgan fingerprint density at radius 3 is 1.07 bits per heavy atom. The van der Waals surface area contributed by atoms with E-state index in [-0.39, 0.29) is 26.4 Å². The molecule has 0 radical (unpaired) electrons. The first-order valence-corrected chi connectivity index (χ1v) is 13.9. The topological polar surface area (TPSA) is 77.4 Å². The Morgan fingerprint density at radius 1 is 0.357 bits per heavy atom. The molecule has 214 valence electrons. The predicted molar refractivity (Wildman–Crippen MR) is 164 cm³/mol. The van der Waals surface area contributed by atoms with Crippen LogP contribution in [-0.4, -0.2) is 48.8 Å². The summed E-state index contributed by atoms with van der Waals surface area (Å²) in [7, 11) is 0. The Balaban J connectivity index is 1.01. The van der Waals surface area contributed by atoms with Gasteiger partial charge in [-0.2, -0.15) is 0 Å². The van der Waals surface area contributed by atoms with Crippen molar-refractivity contribution < 1.29 is 29.2 Å². The fraction of sp³-hybridized carbons (Fsp3) is 0.167. The smallest absolute Gasteiger partial charge is 0.123 e. The molecule has 5 aromatic carbocycles. The molecule has 2 unspecified atom stereocenters. The van der Waals surface area contributed by atoms with Gasteiger partial charge in [0.2, 0.25) is 0 Å². The summed E-state index contributed by atoms with van der Waals surface area (Å²) in [4.78, 5) is 0. The van der Waals surface area contributed by atoms with Crippen molar-refractivity contribution in [3.8, 4) is 45.3 Å². The van der Waals surface area contributed by atoms with Crippen LogP contribution in [0.4, 0.5) is 0 Å². The molecule has 0 bridgehead atoms. The summed E-state index contributed by atoms with van der Waals surface area (Å²) < 4.78 is 22.9. The molecule has 0 amide bonds. The third-order valence-corrected chi connectivity index (χ3v) is 6.50. The summed E-state index contributed by atoms with van der Waals surface area (Å²) in [6, 6.07) is 42.8. The SMILES string of the molecule is OC(COc1ccc(-c2ccccc2)cc1)COc1cccc(OCC(O)COc2ccc(-c3ccccc3)cc2)c1. The van der Waals surface area contributed by atoms with E-state index in [4.69, 9.17) is 18.9 Å². The lowest BCUT2D eigenvalue weighted by Gasteiger charge is -2.16. The van der Waals surface area contributed by atoms with Crippen molar-refractivity contribution in [3.63, 3.8) is 0 Å². The van der Waals surface area contributed by atoms with Gasteiger partial charge >= 0.3 is 0 Å². The van der Waals surface area contributed by atoms with E-state index in [1.807, 2.05) is 84.9 Å². The molecule has 42 heavy (non-hydrogen) atoms. The molecule has 0 aliphatic rings. The van der Waals surface area contributed by atoms with Gasteiger partial charge in [0.1, 0.15) is 61.6 Å². The zero-order valence-corrected chi connectivity index (χ0v) is 23.2. The lowest BCUT2D eigenvalue weighted by atomic mass is 10.1. The van der Waals surface area contributed by atoms with Gasteiger partial charge < -0.3 is 29.2 Å². The van der Waals surface area contributed by atoms with Crippen LogP contribution in [0.25, 0.3) is 22.3 Å². The standard InChI is InChI=1S/C36H34O6/c37-31(23-39-33-18-14-29(15-19-33)27-8-3-1-4-9-27)25-41-35-12-7-13-36(22-35)42-26-32(38)24-40-34-20-16-30(17-21-34)28-10-5-2-6-11-28/h1-22,31-32,37-38H,23-26H2. The number of hydrogen-bond acceptors (Lipinski definition) is 6. The average molecular weight is 563 g/mol. The van der Waals surface area contributed by atoms with E-state index in [0.29, 0.717) is 23.0 Å². The quantitative estimate of drug-likeness (QED) is 0.158. The number of ether oxygens (including phenoxy) is 4.